The highest BCUT2D eigenvalue weighted by atomic mass is 16.5. The van der Waals surface area contributed by atoms with E-state index in [4.69, 9.17) is 9.47 Å². The third-order valence-electron chi connectivity index (χ3n) is 5.82. The van der Waals surface area contributed by atoms with E-state index in [2.05, 4.69) is 5.32 Å². The fraction of sp³-hybridized carbons (Fsp3) is 0.417. The molecular weight excluding hydrogens is 380 g/mol. The van der Waals surface area contributed by atoms with E-state index in [9.17, 15) is 9.59 Å². The summed E-state index contributed by atoms with van der Waals surface area (Å²) in [6.07, 6.45) is 1.58. The molecule has 1 atom stereocenters. The fourth-order valence-corrected chi connectivity index (χ4v) is 3.82. The van der Waals surface area contributed by atoms with Gasteiger partial charge in [-0.1, -0.05) is 35.9 Å². The van der Waals surface area contributed by atoms with Crippen molar-refractivity contribution in [2.24, 2.45) is 0 Å². The van der Waals surface area contributed by atoms with Crippen LogP contribution in [0.3, 0.4) is 0 Å². The predicted octanol–water partition coefficient (Wildman–Crippen LogP) is 3.25. The summed E-state index contributed by atoms with van der Waals surface area (Å²) < 4.78 is 10.6. The van der Waals surface area contributed by atoms with Gasteiger partial charge in [0.05, 0.1) is 14.2 Å². The molecule has 0 saturated carbocycles. The van der Waals surface area contributed by atoms with Gasteiger partial charge in [-0.05, 0) is 49.9 Å². The van der Waals surface area contributed by atoms with Gasteiger partial charge in [0, 0.05) is 19.5 Å². The van der Waals surface area contributed by atoms with Crippen molar-refractivity contribution in [1.82, 2.24) is 10.2 Å². The molecule has 160 valence electrons. The quantitative estimate of drug-likeness (QED) is 0.725. The van der Waals surface area contributed by atoms with Crippen molar-refractivity contribution in [2.75, 3.05) is 20.8 Å². The zero-order chi connectivity index (χ0) is 21.7. The molecule has 1 aliphatic heterocycles. The third kappa shape index (κ3) is 4.58. The van der Waals surface area contributed by atoms with Crippen molar-refractivity contribution in [1.29, 1.82) is 0 Å². The number of aryl methyl sites for hydroxylation is 1. The minimum absolute atomic E-state index is 0.0214. The minimum atomic E-state index is -0.834. The zero-order valence-electron chi connectivity index (χ0n) is 18.2. The van der Waals surface area contributed by atoms with Crippen LogP contribution in [-0.4, -0.2) is 43.0 Å². The summed E-state index contributed by atoms with van der Waals surface area (Å²) in [4.78, 5) is 27.3. The van der Waals surface area contributed by atoms with Crippen molar-refractivity contribution in [3.8, 4) is 11.5 Å². The Kier molecular flexibility index (Phi) is 6.65. The first-order valence-electron chi connectivity index (χ1n) is 10.2. The lowest BCUT2D eigenvalue weighted by Crippen LogP contribution is -2.54. The molecule has 1 saturated heterocycles. The molecular formula is C24H30N2O4. The van der Waals surface area contributed by atoms with Crippen molar-refractivity contribution >= 4 is 11.8 Å². The number of hydrogen-bond donors (Lipinski definition) is 1. The molecule has 1 heterocycles. The Balaban J connectivity index is 1.63. The summed E-state index contributed by atoms with van der Waals surface area (Å²) >= 11 is 0. The number of carbonyl (C=O) groups is 2. The molecule has 0 unspecified atom stereocenters. The largest absolute Gasteiger partial charge is 0.493 e. The lowest BCUT2D eigenvalue weighted by Gasteiger charge is -2.34. The van der Waals surface area contributed by atoms with Crippen LogP contribution in [0.2, 0.25) is 0 Å². The average Bonchev–Trinajstić information content (AvgIpc) is 3.04. The number of likely N-dealkylation sites (tertiary alicyclic amines) is 1. The van der Waals surface area contributed by atoms with Crippen LogP contribution in [0.4, 0.5) is 0 Å². The SMILES string of the molecule is COc1ccc(CCNC(=O)[C@]2(C)CCC(=O)N2Cc2ccc(C)cc2)cc1OC. The zero-order valence-corrected chi connectivity index (χ0v) is 18.2. The second kappa shape index (κ2) is 9.20. The third-order valence-corrected chi connectivity index (χ3v) is 5.82. The van der Waals surface area contributed by atoms with Gasteiger partial charge >= 0.3 is 0 Å². The van der Waals surface area contributed by atoms with Crippen LogP contribution in [0.1, 0.15) is 36.5 Å². The number of benzene rings is 2. The molecule has 1 fully saturated rings. The maximum absolute atomic E-state index is 13.0. The van der Waals surface area contributed by atoms with Crippen LogP contribution in [-0.2, 0) is 22.6 Å². The summed E-state index contributed by atoms with van der Waals surface area (Å²) in [7, 11) is 3.20. The topological polar surface area (TPSA) is 67.9 Å². The van der Waals surface area contributed by atoms with E-state index in [0.29, 0.717) is 43.9 Å². The van der Waals surface area contributed by atoms with Crippen LogP contribution in [0.15, 0.2) is 42.5 Å². The number of nitrogens with zero attached hydrogens (tertiary/aromatic N) is 1. The Morgan fingerprint density at radius 3 is 2.40 bits per heavy atom. The van der Waals surface area contributed by atoms with Gasteiger partial charge in [0.1, 0.15) is 5.54 Å². The Hall–Kier alpha value is -3.02. The van der Waals surface area contributed by atoms with Crippen LogP contribution >= 0.6 is 0 Å². The Morgan fingerprint density at radius 2 is 1.73 bits per heavy atom. The maximum Gasteiger partial charge on any atom is 0.245 e. The van der Waals surface area contributed by atoms with E-state index in [1.807, 2.05) is 56.3 Å². The van der Waals surface area contributed by atoms with Crippen molar-refractivity contribution in [2.45, 2.75) is 45.2 Å². The van der Waals surface area contributed by atoms with E-state index in [1.54, 1.807) is 19.1 Å². The van der Waals surface area contributed by atoms with E-state index in [-0.39, 0.29) is 11.8 Å². The highest BCUT2D eigenvalue weighted by molar-refractivity contribution is 5.94. The highest BCUT2D eigenvalue weighted by Gasteiger charge is 2.46. The van der Waals surface area contributed by atoms with Crippen molar-refractivity contribution in [3.63, 3.8) is 0 Å². The highest BCUT2D eigenvalue weighted by Crippen LogP contribution is 2.32. The molecule has 1 aliphatic rings. The number of rotatable bonds is 8. The minimum Gasteiger partial charge on any atom is -0.493 e. The molecule has 0 spiro atoms. The van der Waals surface area contributed by atoms with Crippen molar-refractivity contribution < 1.29 is 19.1 Å². The molecule has 6 nitrogen and oxygen atoms in total. The van der Waals surface area contributed by atoms with Gasteiger partial charge in [-0.2, -0.15) is 0 Å². The lowest BCUT2D eigenvalue weighted by atomic mass is 9.96. The number of amides is 2. The average molecular weight is 411 g/mol. The Morgan fingerprint density at radius 1 is 1.07 bits per heavy atom. The second-order valence-corrected chi connectivity index (χ2v) is 7.93. The van der Waals surface area contributed by atoms with Crippen LogP contribution < -0.4 is 14.8 Å². The molecule has 0 aromatic heterocycles. The first-order chi connectivity index (χ1) is 14.4. The molecule has 0 aliphatic carbocycles. The van der Waals surface area contributed by atoms with Gasteiger partial charge in [0.15, 0.2) is 11.5 Å². The van der Waals surface area contributed by atoms with Gasteiger partial charge in [-0.25, -0.2) is 0 Å². The molecule has 2 aromatic carbocycles. The standard InChI is InChI=1S/C24H30N2O4/c1-17-5-7-19(8-6-17)16-26-22(27)11-13-24(26,2)23(28)25-14-12-18-9-10-20(29-3)21(15-18)30-4/h5-10,15H,11-14,16H2,1-4H3,(H,25,28)/t24-/m0/s1. The first kappa shape index (κ1) is 21.7. The van der Waals surface area contributed by atoms with Gasteiger partial charge in [0.25, 0.3) is 0 Å². The van der Waals surface area contributed by atoms with Crippen LogP contribution in [0.25, 0.3) is 0 Å². The predicted molar refractivity (Wildman–Crippen MR) is 116 cm³/mol. The Bertz CT molecular complexity index is 910. The van der Waals surface area contributed by atoms with Gasteiger partial charge < -0.3 is 19.7 Å². The number of carbonyl (C=O) groups excluding carboxylic acids is 2. The van der Waals surface area contributed by atoms with Crippen molar-refractivity contribution in [3.05, 3.63) is 59.2 Å². The van der Waals surface area contributed by atoms with E-state index >= 15 is 0 Å². The smallest absolute Gasteiger partial charge is 0.245 e. The molecule has 3 rings (SSSR count). The van der Waals surface area contributed by atoms with Crippen LogP contribution in [0, 0.1) is 6.92 Å². The van der Waals surface area contributed by atoms with E-state index in [1.165, 1.54) is 5.56 Å². The summed E-state index contributed by atoms with van der Waals surface area (Å²) in [6, 6.07) is 13.8. The van der Waals surface area contributed by atoms with Crippen LogP contribution in [0.5, 0.6) is 11.5 Å². The van der Waals surface area contributed by atoms with E-state index in [0.717, 1.165) is 11.1 Å². The number of ether oxygens (including phenoxy) is 2. The first-order valence-corrected chi connectivity index (χ1v) is 10.2. The molecule has 30 heavy (non-hydrogen) atoms. The molecule has 6 heteroatoms. The van der Waals surface area contributed by atoms with Gasteiger partial charge in [-0.15, -0.1) is 0 Å². The summed E-state index contributed by atoms with van der Waals surface area (Å²) in [6.45, 7) is 4.81. The molecule has 0 bridgehead atoms. The summed E-state index contributed by atoms with van der Waals surface area (Å²) in [5, 5.41) is 3.02. The molecule has 2 amide bonds. The Labute approximate surface area is 178 Å². The normalized spacial score (nSPS) is 18.4. The van der Waals surface area contributed by atoms with Gasteiger partial charge in [0.2, 0.25) is 11.8 Å². The number of methoxy groups -OCH3 is 2. The molecule has 0 radical (unpaired) electrons. The maximum atomic E-state index is 13.0. The second-order valence-electron chi connectivity index (χ2n) is 7.93. The summed E-state index contributed by atoms with van der Waals surface area (Å²) in [5.74, 6) is 1.25. The van der Waals surface area contributed by atoms with Gasteiger partial charge in [-0.3, -0.25) is 9.59 Å². The molecule has 2 aromatic rings. The lowest BCUT2D eigenvalue weighted by molar-refractivity contribution is -0.141. The molecule has 1 N–H and O–H groups in total. The summed E-state index contributed by atoms with van der Waals surface area (Å²) in [5.41, 5.74) is 2.40. The number of nitrogens with one attached hydrogen (secondary N) is 1. The monoisotopic (exact) mass is 410 g/mol. The number of hydrogen-bond acceptors (Lipinski definition) is 4. The van der Waals surface area contributed by atoms with E-state index < -0.39 is 5.54 Å². The fourth-order valence-electron chi connectivity index (χ4n) is 3.82.